The number of rotatable bonds is 4. The number of primary amides is 1. The number of amides is 2. The first-order valence-corrected chi connectivity index (χ1v) is 5.60. The van der Waals surface area contributed by atoms with Crippen LogP contribution in [0.4, 0.5) is 5.69 Å². The Bertz CT molecular complexity index is 518. The van der Waals surface area contributed by atoms with Crippen molar-refractivity contribution in [1.29, 1.82) is 0 Å². The predicted molar refractivity (Wildman–Crippen MR) is 67.0 cm³/mol. The summed E-state index contributed by atoms with van der Waals surface area (Å²) in [5.41, 5.74) is 4.87. The molecule has 7 nitrogen and oxygen atoms in total. The number of nitro groups is 1. The van der Waals surface area contributed by atoms with Crippen LogP contribution in [0.2, 0.25) is 0 Å². The highest BCUT2D eigenvalue weighted by Gasteiger charge is 2.19. The topological polar surface area (TPSA) is 107 Å². The monoisotopic (exact) mass is 315 g/mol. The second kappa shape index (κ2) is 5.58. The fourth-order valence-electron chi connectivity index (χ4n) is 1.31. The number of nitrogens with two attached hydrogens (primary N) is 1. The Labute approximate surface area is 111 Å². The molecule has 18 heavy (non-hydrogen) atoms. The molecule has 1 aromatic carbocycles. The lowest BCUT2D eigenvalue weighted by Gasteiger charge is -2.14. The molecule has 1 aromatic rings. The number of benzene rings is 1. The lowest BCUT2D eigenvalue weighted by Crippen LogP contribution is -2.35. The molecule has 0 atom stereocenters. The smallest absolute Gasteiger partial charge is 0.284 e. The number of carbonyl (C=O) groups is 2. The number of nitro benzene ring substituents is 1. The van der Waals surface area contributed by atoms with Crippen molar-refractivity contribution in [1.82, 2.24) is 4.90 Å². The van der Waals surface area contributed by atoms with Gasteiger partial charge < -0.3 is 10.6 Å². The largest absolute Gasteiger partial charge is 0.368 e. The van der Waals surface area contributed by atoms with Crippen molar-refractivity contribution in [2.45, 2.75) is 0 Å². The van der Waals surface area contributed by atoms with E-state index in [-0.39, 0.29) is 22.3 Å². The van der Waals surface area contributed by atoms with Gasteiger partial charge >= 0.3 is 0 Å². The molecule has 0 bridgehead atoms. The number of hydrogen-bond acceptors (Lipinski definition) is 4. The zero-order valence-corrected chi connectivity index (χ0v) is 11.0. The van der Waals surface area contributed by atoms with E-state index >= 15 is 0 Å². The molecular weight excluding hydrogens is 306 g/mol. The molecule has 0 heterocycles. The molecule has 0 aliphatic heterocycles. The number of nitrogens with zero attached hydrogens (tertiary/aromatic N) is 2. The molecule has 0 radical (unpaired) electrons. The van der Waals surface area contributed by atoms with E-state index in [0.29, 0.717) is 0 Å². The van der Waals surface area contributed by atoms with Gasteiger partial charge in [-0.3, -0.25) is 19.7 Å². The van der Waals surface area contributed by atoms with E-state index in [2.05, 4.69) is 15.9 Å². The third-order valence-electron chi connectivity index (χ3n) is 2.13. The second-order valence-corrected chi connectivity index (χ2v) is 4.41. The fraction of sp³-hybridized carbons (Fsp3) is 0.200. The van der Waals surface area contributed by atoms with Crippen LogP contribution >= 0.6 is 15.9 Å². The van der Waals surface area contributed by atoms with E-state index in [1.807, 2.05) is 0 Å². The maximum absolute atomic E-state index is 11.8. The predicted octanol–water partition coefficient (Wildman–Crippen LogP) is 0.915. The van der Waals surface area contributed by atoms with Gasteiger partial charge in [-0.15, -0.1) is 0 Å². The van der Waals surface area contributed by atoms with E-state index in [9.17, 15) is 19.7 Å². The summed E-state index contributed by atoms with van der Waals surface area (Å²) in [6, 6.07) is 3.98. The minimum Gasteiger partial charge on any atom is -0.368 e. The van der Waals surface area contributed by atoms with Gasteiger partial charge in [0.25, 0.3) is 11.6 Å². The van der Waals surface area contributed by atoms with Crippen molar-refractivity contribution < 1.29 is 14.5 Å². The van der Waals surface area contributed by atoms with Gasteiger partial charge in [0.2, 0.25) is 5.91 Å². The van der Waals surface area contributed by atoms with Gasteiger partial charge in [0.15, 0.2) is 0 Å². The summed E-state index contributed by atoms with van der Waals surface area (Å²) in [6.45, 7) is -0.247. The summed E-state index contributed by atoms with van der Waals surface area (Å²) in [5.74, 6) is -1.16. The van der Waals surface area contributed by atoms with E-state index < -0.39 is 16.7 Å². The van der Waals surface area contributed by atoms with Crippen molar-refractivity contribution >= 4 is 33.4 Å². The molecule has 0 saturated carbocycles. The molecule has 0 aliphatic carbocycles. The normalized spacial score (nSPS) is 9.89. The van der Waals surface area contributed by atoms with Crippen molar-refractivity contribution in [3.8, 4) is 0 Å². The number of carbonyl (C=O) groups excluding carboxylic acids is 2. The summed E-state index contributed by atoms with van der Waals surface area (Å²) in [5, 5.41) is 10.7. The van der Waals surface area contributed by atoms with Crippen LogP contribution in [0.3, 0.4) is 0 Å². The van der Waals surface area contributed by atoms with Crippen LogP contribution in [-0.4, -0.2) is 35.2 Å². The van der Waals surface area contributed by atoms with E-state index in [1.165, 1.54) is 19.2 Å². The zero-order chi connectivity index (χ0) is 13.9. The molecule has 0 fully saturated rings. The Kier molecular flexibility index (Phi) is 4.38. The van der Waals surface area contributed by atoms with Crippen LogP contribution in [0.15, 0.2) is 22.7 Å². The molecular formula is C10H10BrN3O4. The Hall–Kier alpha value is -1.96. The standard InChI is InChI=1S/C10H10BrN3O4/c1-13(5-9(12)15)10(16)6-2-3-7(11)8(4-6)14(17)18/h2-4H,5H2,1H3,(H2,12,15). The second-order valence-electron chi connectivity index (χ2n) is 3.55. The molecule has 0 unspecified atom stereocenters. The SMILES string of the molecule is CN(CC(N)=O)C(=O)c1ccc(Br)c([N+](=O)[O-])c1. The van der Waals surface area contributed by atoms with Crippen LogP contribution in [-0.2, 0) is 4.79 Å². The third-order valence-corrected chi connectivity index (χ3v) is 2.80. The van der Waals surface area contributed by atoms with Crippen molar-refractivity contribution in [2.24, 2.45) is 5.73 Å². The average molecular weight is 316 g/mol. The average Bonchev–Trinajstić information content (AvgIpc) is 2.27. The molecule has 1 rings (SSSR count). The summed E-state index contributed by atoms with van der Waals surface area (Å²) in [4.78, 5) is 33.7. The van der Waals surface area contributed by atoms with E-state index in [4.69, 9.17) is 5.73 Å². The van der Waals surface area contributed by atoms with E-state index in [0.717, 1.165) is 11.0 Å². The molecule has 0 aromatic heterocycles. The Balaban J connectivity index is 3.03. The van der Waals surface area contributed by atoms with Crippen LogP contribution in [0, 0.1) is 10.1 Å². The highest BCUT2D eigenvalue weighted by Crippen LogP contribution is 2.25. The zero-order valence-electron chi connectivity index (χ0n) is 9.42. The quantitative estimate of drug-likeness (QED) is 0.658. The minimum atomic E-state index is -0.655. The van der Waals surface area contributed by atoms with Crippen molar-refractivity contribution in [3.63, 3.8) is 0 Å². The minimum absolute atomic E-state index is 0.119. The molecule has 0 spiro atoms. The lowest BCUT2D eigenvalue weighted by molar-refractivity contribution is -0.385. The first kappa shape index (κ1) is 14.1. The fourth-order valence-corrected chi connectivity index (χ4v) is 1.70. The maximum atomic E-state index is 11.8. The van der Waals surface area contributed by atoms with Gasteiger partial charge in [0, 0.05) is 18.7 Å². The van der Waals surface area contributed by atoms with Gasteiger partial charge in [0.05, 0.1) is 15.9 Å². The van der Waals surface area contributed by atoms with Gasteiger partial charge in [0.1, 0.15) is 0 Å². The summed E-state index contributed by atoms with van der Waals surface area (Å²) < 4.78 is 0.279. The summed E-state index contributed by atoms with van der Waals surface area (Å²) in [6.07, 6.45) is 0. The van der Waals surface area contributed by atoms with Crippen LogP contribution in [0.5, 0.6) is 0 Å². The van der Waals surface area contributed by atoms with Crippen molar-refractivity contribution in [2.75, 3.05) is 13.6 Å². The van der Waals surface area contributed by atoms with Gasteiger partial charge in [-0.2, -0.15) is 0 Å². The lowest BCUT2D eigenvalue weighted by atomic mass is 10.2. The molecule has 0 saturated heterocycles. The van der Waals surface area contributed by atoms with Crippen LogP contribution < -0.4 is 5.73 Å². The highest BCUT2D eigenvalue weighted by atomic mass is 79.9. The summed E-state index contributed by atoms with van der Waals surface area (Å²) >= 11 is 3.02. The van der Waals surface area contributed by atoms with Gasteiger partial charge in [-0.05, 0) is 28.1 Å². The van der Waals surface area contributed by atoms with Crippen LogP contribution in [0.25, 0.3) is 0 Å². The molecule has 2 N–H and O–H groups in total. The Morgan fingerprint density at radius 1 is 1.50 bits per heavy atom. The first-order chi connectivity index (χ1) is 8.32. The molecule has 2 amide bonds. The molecule has 0 aliphatic rings. The third kappa shape index (κ3) is 3.27. The van der Waals surface area contributed by atoms with Crippen molar-refractivity contribution in [3.05, 3.63) is 38.3 Å². The number of halogens is 1. The Morgan fingerprint density at radius 3 is 2.61 bits per heavy atom. The Morgan fingerprint density at radius 2 is 2.11 bits per heavy atom. The van der Waals surface area contributed by atoms with Gasteiger partial charge in [-0.1, -0.05) is 0 Å². The maximum Gasteiger partial charge on any atom is 0.284 e. The molecule has 96 valence electrons. The van der Waals surface area contributed by atoms with Crippen LogP contribution in [0.1, 0.15) is 10.4 Å². The first-order valence-electron chi connectivity index (χ1n) is 4.80. The molecule has 8 heteroatoms. The highest BCUT2D eigenvalue weighted by molar-refractivity contribution is 9.10. The summed E-state index contributed by atoms with van der Waals surface area (Å²) in [7, 11) is 1.39. The van der Waals surface area contributed by atoms with Gasteiger partial charge in [-0.25, -0.2) is 0 Å². The number of likely N-dealkylation sites (N-methyl/N-ethyl adjacent to an activating group) is 1. The number of hydrogen-bond donors (Lipinski definition) is 1. The van der Waals surface area contributed by atoms with E-state index in [1.54, 1.807) is 0 Å².